The smallest absolute Gasteiger partial charge is 0.432 e. The predicted octanol–water partition coefficient (Wildman–Crippen LogP) is 4.31. The van der Waals surface area contributed by atoms with Gasteiger partial charge in [-0.05, 0) is 96.7 Å². The largest absolute Gasteiger partial charge is 0.549 e. The van der Waals surface area contributed by atoms with E-state index in [1.54, 1.807) is 72.8 Å². The molecular weight excluding hydrogens is 829 g/mol. The summed E-state index contributed by atoms with van der Waals surface area (Å²) in [6.07, 6.45) is -3.97. The van der Waals surface area contributed by atoms with E-state index in [1.807, 2.05) is 41.5 Å². The summed E-state index contributed by atoms with van der Waals surface area (Å²) in [4.78, 5) is 101. The fourth-order valence-corrected chi connectivity index (χ4v) is 8.30. The molecule has 0 bridgehead atoms. The molecule has 0 unspecified atom stereocenters. The van der Waals surface area contributed by atoms with Gasteiger partial charge in [0, 0.05) is 0 Å². The van der Waals surface area contributed by atoms with Crippen molar-refractivity contribution in [3.63, 3.8) is 0 Å². The third-order valence-electron chi connectivity index (χ3n) is 8.29. The molecule has 60 heavy (non-hydrogen) atoms. The molecule has 0 N–H and O–H groups in total. The Hall–Kier alpha value is -6.25. The van der Waals surface area contributed by atoms with Gasteiger partial charge in [0.1, 0.15) is 0 Å². The molecule has 0 atom stereocenters. The first kappa shape index (κ1) is 48.1. The molecule has 0 amide bonds. The molecule has 0 aliphatic carbocycles. The monoisotopic (exact) mass is 878 g/mol. The third-order valence-corrected chi connectivity index (χ3v) is 14.2. The summed E-state index contributed by atoms with van der Waals surface area (Å²) in [5, 5.41) is 3.32. The van der Waals surface area contributed by atoms with Crippen LogP contribution in [0.4, 0.5) is 14.4 Å². The highest BCUT2D eigenvalue weighted by Gasteiger charge is 2.20. The molecule has 3 aromatic rings. The highest BCUT2D eigenvalue weighted by atomic mass is 28.2. The van der Waals surface area contributed by atoms with Crippen molar-refractivity contribution < 1.29 is 72.3 Å². The van der Waals surface area contributed by atoms with Crippen molar-refractivity contribution >= 4 is 80.5 Å². The quantitative estimate of drug-likeness (QED) is 0.0614. The van der Waals surface area contributed by atoms with E-state index in [4.69, 9.17) is 14.2 Å². The van der Waals surface area contributed by atoms with Gasteiger partial charge < -0.3 is 14.2 Å². The van der Waals surface area contributed by atoms with Crippen LogP contribution >= 0.6 is 0 Å². The molecule has 15 nitrogen and oxygen atoms in total. The van der Waals surface area contributed by atoms with Crippen molar-refractivity contribution in [3.05, 3.63) is 123 Å². The van der Waals surface area contributed by atoms with Gasteiger partial charge in [0.05, 0.1) is 65.1 Å². The maximum atomic E-state index is 12.4. The molecule has 3 aromatic carbocycles. The van der Waals surface area contributed by atoms with Crippen molar-refractivity contribution in [2.24, 2.45) is 5.92 Å². The number of hydrogen-bond acceptors (Lipinski definition) is 15. The summed E-state index contributed by atoms with van der Waals surface area (Å²) in [5.41, 5.74) is 10.7. The minimum absolute atomic E-state index is 0.00934. The van der Waals surface area contributed by atoms with Crippen LogP contribution in [0.5, 0.6) is 0 Å². The van der Waals surface area contributed by atoms with Gasteiger partial charge in [-0.1, -0.05) is 85.8 Å². The SMILES string of the molecule is CC(C)=C[SiH2]c1ccc(C(=O)OOC(=O)OCCC(CCOC(=O)OOC(=O)c2ccc([SiH2]C=C(C)C)cc2)COC(=O)OOC(=O)c2ccc([SiH2]C=C(C)C)cc2)cc1. The fourth-order valence-electron chi connectivity index (χ4n) is 4.84. The maximum absolute atomic E-state index is 12.4. The number of ether oxygens (including phenoxy) is 3. The van der Waals surface area contributed by atoms with Gasteiger partial charge >= 0.3 is 36.4 Å². The Morgan fingerprint density at radius 2 is 0.717 bits per heavy atom. The molecular formula is C42H50O15Si3. The van der Waals surface area contributed by atoms with Gasteiger partial charge in [0.25, 0.3) is 0 Å². The van der Waals surface area contributed by atoms with E-state index in [0.29, 0.717) is 0 Å². The lowest BCUT2D eigenvalue weighted by Crippen LogP contribution is -2.22. The zero-order chi connectivity index (χ0) is 43.9. The summed E-state index contributed by atoms with van der Waals surface area (Å²) < 4.78 is 15.1. The van der Waals surface area contributed by atoms with Crippen molar-refractivity contribution in [2.45, 2.75) is 54.4 Å². The van der Waals surface area contributed by atoms with Crippen LogP contribution in [-0.4, -0.2) is 84.8 Å². The molecule has 0 fully saturated rings. The first-order valence-corrected chi connectivity index (χ1v) is 23.6. The number of rotatable bonds is 17. The van der Waals surface area contributed by atoms with Gasteiger partial charge in [0.2, 0.25) is 0 Å². The Kier molecular flexibility index (Phi) is 20.8. The summed E-state index contributed by atoms with van der Waals surface area (Å²) >= 11 is 0. The molecule has 0 radical (unpaired) electrons. The molecule has 0 saturated carbocycles. The Morgan fingerprint density at radius 3 is 1.00 bits per heavy atom. The Morgan fingerprint density at radius 1 is 0.433 bits per heavy atom. The Labute approximate surface area is 355 Å². The Balaban J connectivity index is 1.48. The highest BCUT2D eigenvalue weighted by molar-refractivity contribution is 6.59. The maximum Gasteiger partial charge on any atom is 0.549 e. The predicted molar refractivity (Wildman–Crippen MR) is 228 cm³/mol. The number of benzene rings is 3. The molecule has 0 heterocycles. The number of hydrogen-bond donors (Lipinski definition) is 0. The minimum atomic E-state index is -1.35. The van der Waals surface area contributed by atoms with Crippen molar-refractivity contribution in [2.75, 3.05) is 19.8 Å². The Bertz CT molecular complexity index is 1900. The lowest BCUT2D eigenvalue weighted by molar-refractivity contribution is -0.206. The number of carbonyl (C=O) groups is 6. The van der Waals surface area contributed by atoms with Crippen LogP contribution in [-0.2, 0) is 43.5 Å². The molecule has 3 rings (SSSR count). The fraction of sp³-hybridized carbons (Fsp3) is 0.286. The van der Waals surface area contributed by atoms with Crippen molar-refractivity contribution in [1.82, 2.24) is 0 Å². The lowest BCUT2D eigenvalue weighted by atomic mass is 10.0. The molecule has 0 spiro atoms. The molecule has 0 aliphatic heterocycles. The normalized spacial score (nSPS) is 11.3. The van der Waals surface area contributed by atoms with Gasteiger partial charge in [0.15, 0.2) is 0 Å². The van der Waals surface area contributed by atoms with Crippen LogP contribution in [0.25, 0.3) is 0 Å². The topological polar surface area (TPSA) is 185 Å². The van der Waals surface area contributed by atoms with Crippen LogP contribution in [0.1, 0.15) is 85.5 Å². The van der Waals surface area contributed by atoms with Crippen LogP contribution in [0, 0.1) is 5.92 Å². The average molecular weight is 879 g/mol. The summed E-state index contributed by atoms with van der Waals surface area (Å²) in [6.45, 7) is 11.1. The first-order chi connectivity index (χ1) is 28.7. The standard InChI is InChI=1S/C42H50O15Si3/c1-27(2)24-58-34-13-7-31(8-14-34)37(43)52-55-40(46)49-21-19-30(23-51-42(48)57-54-39(45)33-11-17-36(18-12-33)60-26-29(5)6)20-22-50-41(47)56-53-38(44)32-9-15-35(16-10-32)59-25-28(3)4/h7-18,24-26,30H,19-23,58-60H2,1-6H3. The van der Waals surface area contributed by atoms with Crippen LogP contribution in [0.3, 0.4) is 0 Å². The molecule has 320 valence electrons. The van der Waals surface area contributed by atoms with Gasteiger partial charge in [-0.25, -0.2) is 43.7 Å². The summed E-state index contributed by atoms with van der Waals surface area (Å²) in [7, 11) is -1.88. The van der Waals surface area contributed by atoms with E-state index >= 15 is 0 Å². The molecule has 0 aromatic heterocycles. The van der Waals surface area contributed by atoms with Gasteiger partial charge in [-0.2, -0.15) is 14.4 Å². The molecule has 0 saturated heterocycles. The van der Waals surface area contributed by atoms with E-state index in [0.717, 1.165) is 15.6 Å². The van der Waals surface area contributed by atoms with Crippen molar-refractivity contribution in [1.29, 1.82) is 0 Å². The first-order valence-electron chi connectivity index (χ1n) is 19.0. The average Bonchev–Trinajstić information content (AvgIpc) is 3.23. The highest BCUT2D eigenvalue weighted by Crippen LogP contribution is 2.13. The molecule has 18 heteroatoms. The van der Waals surface area contributed by atoms with E-state index in [2.05, 4.69) is 46.4 Å². The summed E-state index contributed by atoms with van der Waals surface area (Å²) in [6, 6.07) is 20.2. The third kappa shape index (κ3) is 19.5. The van der Waals surface area contributed by atoms with Crippen LogP contribution in [0.15, 0.2) is 107 Å². The van der Waals surface area contributed by atoms with Gasteiger partial charge in [-0.3, -0.25) is 0 Å². The zero-order valence-electron chi connectivity index (χ0n) is 34.5. The summed E-state index contributed by atoms with van der Waals surface area (Å²) in [5.74, 6) is -3.39. The van der Waals surface area contributed by atoms with Crippen molar-refractivity contribution in [3.8, 4) is 0 Å². The van der Waals surface area contributed by atoms with E-state index in [-0.39, 0.29) is 49.4 Å². The molecule has 0 aliphatic rings. The number of allylic oxidation sites excluding steroid dienone is 3. The van der Waals surface area contributed by atoms with Crippen LogP contribution < -0.4 is 15.6 Å². The zero-order valence-corrected chi connectivity index (χ0v) is 38.8. The number of carbonyl (C=O) groups excluding carboxylic acids is 6. The second-order valence-corrected chi connectivity index (χ2v) is 19.0. The van der Waals surface area contributed by atoms with Gasteiger partial charge in [-0.15, -0.1) is 0 Å². The van der Waals surface area contributed by atoms with E-state index in [9.17, 15) is 28.8 Å². The lowest BCUT2D eigenvalue weighted by Gasteiger charge is -2.16. The second-order valence-electron chi connectivity index (χ2n) is 14.1. The van der Waals surface area contributed by atoms with E-state index in [1.165, 1.54) is 16.7 Å². The minimum Gasteiger partial charge on any atom is -0.432 e. The van der Waals surface area contributed by atoms with Crippen LogP contribution in [0.2, 0.25) is 0 Å². The van der Waals surface area contributed by atoms with E-state index < -0.39 is 70.9 Å². The second kappa shape index (κ2) is 26.0.